The molecular weight excluding hydrogens is 340 g/mol. The van der Waals surface area contributed by atoms with E-state index >= 15 is 0 Å². The normalized spacial score (nSPS) is 21.0. The summed E-state index contributed by atoms with van der Waals surface area (Å²) < 4.78 is 5.32. The fraction of sp³-hybridized carbons (Fsp3) is 0.476. The van der Waals surface area contributed by atoms with Crippen molar-refractivity contribution in [1.82, 2.24) is 9.97 Å². The van der Waals surface area contributed by atoms with E-state index in [1.807, 2.05) is 18.2 Å². The number of nitrogens with zero attached hydrogens (tertiary/aromatic N) is 3. The smallest absolute Gasteiger partial charge is 0.415 e. The number of benzene rings is 1. The molecule has 0 unspecified atom stereocenters. The Morgan fingerprint density at radius 1 is 1.07 bits per heavy atom. The molecule has 1 aliphatic heterocycles. The van der Waals surface area contributed by atoms with Crippen molar-refractivity contribution in [2.24, 2.45) is 0 Å². The first-order valence-corrected chi connectivity index (χ1v) is 9.89. The van der Waals surface area contributed by atoms with Gasteiger partial charge in [-0.25, -0.2) is 9.78 Å². The first-order valence-electron chi connectivity index (χ1n) is 9.89. The lowest BCUT2D eigenvalue weighted by molar-refractivity contribution is 0.178. The minimum absolute atomic E-state index is 0.0551. The van der Waals surface area contributed by atoms with Gasteiger partial charge in [-0.1, -0.05) is 56.0 Å². The number of amides is 1. The van der Waals surface area contributed by atoms with Gasteiger partial charge in [-0.2, -0.15) is 4.98 Å². The summed E-state index contributed by atoms with van der Waals surface area (Å²) in [6.45, 7) is 0.378. The van der Waals surface area contributed by atoms with Crippen LogP contribution in [0.15, 0.2) is 42.6 Å². The Morgan fingerprint density at radius 2 is 1.85 bits per heavy atom. The van der Waals surface area contributed by atoms with Gasteiger partial charge in [-0.05, 0) is 30.9 Å². The van der Waals surface area contributed by atoms with Crippen molar-refractivity contribution in [1.29, 1.82) is 0 Å². The van der Waals surface area contributed by atoms with E-state index in [-0.39, 0.29) is 12.1 Å². The summed E-state index contributed by atoms with van der Waals surface area (Å²) in [6, 6.07) is 12.3. The average molecular weight is 366 g/mol. The van der Waals surface area contributed by atoms with Crippen LogP contribution in [0, 0.1) is 0 Å². The zero-order chi connectivity index (χ0) is 18.5. The number of hydrogen-bond acceptors (Lipinski definition) is 5. The standard InChI is InChI=1S/C21H26N4O2/c26-21-25(18(15-27-21)14-16-8-4-3-5-9-16)19-12-13-22-20(24-19)23-17-10-6-1-2-7-11-17/h3-5,8-9,12-13,17-18H,1-2,6-7,10-11,14-15H2,(H,22,23,24)/t18-/m1/s1. The Morgan fingerprint density at radius 3 is 2.63 bits per heavy atom. The molecule has 1 amide bonds. The van der Waals surface area contributed by atoms with Gasteiger partial charge in [0.25, 0.3) is 0 Å². The third kappa shape index (κ3) is 4.38. The van der Waals surface area contributed by atoms with E-state index < -0.39 is 0 Å². The van der Waals surface area contributed by atoms with Crippen LogP contribution < -0.4 is 10.2 Å². The van der Waals surface area contributed by atoms with Gasteiger partial charge in [-0.15, -0.1) is 0 Å². The van der Waals surface area contributed by atoms with Crippen molar-refractivity contribution in [3.63, 3.8) is 0 Å². The third-order valence-corrected chi connectivity index (χ3v) is 5.35. The van der Waals surface area contributed by atoms with Crippen LogP contribution in [0.2, 0.25) is 0 Å². The van der Waals surface area contributed by atoms with Gasteiger partial charge in [0.15, 0.2) is 0 Å². The van der Waals surface area contributed by atoms with E-state index in [1.54, 1.807) is 17.2 Å². The van der Waals surface area contributed by atoms with Crippen molar-refractivity contribution >= 4 is 17.9 Å². The van der Waals surface area contributed by atoms with Gasteiger partial charge >= 0.3 is 6.09 Å². The molecule has 1 saturated carbocycles. The largest absolute Gasteiger partial charge is 0.447 e. The molecule has 1 saturated heterocycles. The molecule has 4 rings (SSSR count). The lowest BCUT2D eigenvalue weighted by Gasteiger charge is -2.22. The number of rotatable bonds is 5. The molecule has 1 aliphatic carbocycles. The molecule has 1 aromatic heterocycles. The van der Waals surface area contributed by atoms with Crippen molar-refractivity contribution in [2.75, 3.05) is 16.8 Å². The number of carbonyl (C=O) groups is 1. The molecule has 27 heavy (non-hydrogen) atoms. The summed E-state index contributed by atoms with van der Waals surface area (Å²) in [5, 5.41) is 3.46. The predicted molar refractivity (Wildman–Crippen MR) is 105 cm³/mol. The van der Waals surface area contributed by atoms with Crippen LogP contribution in [-0.4, -0.2) is 34.8 Å². The maximum Gasteiger partial charge on any atom is 0.415 e. The van der Waals surface area contributed by atoms with Crippen molar-refractivity contribution in [2.45, 2.75) is 57.0 Å². The molecule has 2 heterocycles. The summed E-state index contributed by atoms with van der Waals surface area (Å²) in [7, 11) is 0. The van der Waals surface area contributed by atoms with E-state index in [4.69, 9.17) is 4.74 Å². The number of aromatic nitrogens is 2. The fourth-order valence-electron chi connectivity index (χ4n) is 3.94. The summed E-state index contributed by atoms with van der Waals surface area (Å²) in [5.74, 6) is 1.20. The second-order valence-corrected chi connectivity index (χ2v) is 7.36. The fourth-order valence-corrected chi connectivity index (χ4v) is 3.94. The van der Waals surface area contributed by atoms with Crippen LogP contribution in [0.25, 0.3) is 0 Å². The molecule has 6 nitrogen and oxygen atoms in total. The maximum atomic E-state index is 12.3. The first-order chi connectivity index (χ1) is 13.3. The topological polar surface area (TPSA) is 67.3 Å². The van der Waals surface area contributed by atoms with E-state index in [0.717, 1.165) is 19.3 Å². The minimum atomic E-state index is -0.338. The molecule has 2 aliphatic rings. The van der Waals surface area contributed by atoms with Crippen LogP contribution >= 0.6 is 0 Å². The maximum absolute atomic E-state index is 12.3. The Balaban J connectivity index is 1.49. The van der Waals surface area contributed by atoms with E-state index in [9.17, 15) is 4.79 Å². The predicted octanol–water partition coefficient (Wildman–Crippen LogP) is 4.18. The molecular formula is C21H26N4O2. The Kier molecular flexibility index (Phi) is 5.51. The summed E-state index contributed by atoms with van der Waals surface area (Å²) >= 11 is 0. The molecule has 1 N–H and O–H groups in total. The lowest BCUT2D eigenvalue weighted by atomic mass is 10.1. The third-order valence-electron chi connectivity index (χ3n) is 5.35. The molecule has 0 spiro atoms. The average Bonchev–Trinajstić information content (AvgIpc) is 2.88. The van der Waals surface area contributed by atoms with Crippen LogP contribution in [0.1, 0.15) is 44.1 Å². The second-order valence-electron chi connectivity index (χ2n) is 7.36. The highest BCUT2D eigenvalue weighted by Crippen LogP contribution is 2.25. The van der Waals surface area contributed by atoms with Gasteiger partial charge in [0.1, 0.15) is 12.4 Å². The van der Waals surface area contributed by atoms with Gasteiger partial charge in [-0.3, -0.25) is 4.90 Å². The van der Waals surface area contributed by atoms with Gasteiger partial charge < -0.3 is 10.1 Å². The molecule has 1 aromatic carbocycles. The highest BCUT2D eigenvalue weighted by atomic mass is 16.6. The SMILES string of the molecule is O=C1OC[C@@H](Cc2ccccc2)N1c1ccnc(NC2CCCCCC2)n1. The number of hydrogen-bond donors (Lipinski definition) is 1. The van der Waals surface area contributed by atoms with Gasteiger partial charge in [0.2, 0.25) is 5.95 Å². The van der Waals surface area contributed by atoms with Crippen LogP contribution in [-0.2, 0) is 11.2 Å². The molecule has 2 aromatic rings. The molecule has 142 valence electrons. The van der Waals surface area contributed by atoms with Crippen molar-refractivity contribution < 1.29 is 9.53 Å². The van der Waals surface area contributed by atoms with Gasteiger partial charge in [0, 0.05) is 12.2 Å². The van der Waals surface area contributed by atoms with Crippen LogP contribution in [0.5, 0.6) is 0 Å². The van der Waals surface area contributed by atoms with E-state index in [1.165, 1.54) is 31.2 Å². The molecule has 6 heteroatoms. The van der Waals surface area contributed by atoms with Crippen molar-refractivity contribution in [3.05, 3.63) is 48.2 Å². The Bertz CT molecular complexity index is 760. The molecule has 2 fully saturated rings. The quantitative estimate of drug-likeness (QED) is 0.804. The second kappa shape index (κ2) is 8.37. The number of cyclic esters (lactones) is 1. The molecule has 0 radical (unpaired) electrons. The lowest BCUT2D eigenvalue weighted by Crippen LogP contribution is -2.36. The zero-order valence-corrected chi connectivity index (χ0v) is 15.5. The number of anilines is 2. The highest BCUT2D eigenvalue weighted by Gasteiger charge is 2.35. The summed E-state index contributed by atoms with van der Waals surface area (Å²) in [6.07, 6.45) is 9.51. The summed E-state index contributed by atoms with van der Waals surface area (Å²) in [4.78, 5) is 23.0. The zero-order valence-electron chi connectivity index (χ0n) is 15.5. The Hall–Kier alpha value is -2.63. The minimum Gasteiger partial charge on any atom is -0.447 e. The number of carbonyl (C=O) groups excluding carboxylic acids is 1. The monoisotopic (exact) mass is 366 g/mol. The van der Waals surface area contributed by atoms with Crippen LogP contribution in [0.3, 0.4) is 0 Å². The molecule has 1 atom stereocenters. The van der Waals surface area contributed by atoms with Crippen LogP contribution in [0.4, 0.5) is 16.6 Å². The van der Waals surface area contributed by atoms with Gasteiger partial charge in [0.05, 0.1) is 6.04 Å². The Labute approximate surface area is 160 Å². The summed E-state index contributed by atoms with van der Waals surface area (Å²) in [5.41, 5.74) is 1.18. The van der Waals surface area contributed by atoms with Crippen molar-refractivity contribution in [3.8, 4) is 0 Å². The highest BCUT2D eigenvalue weighted by molar-refractivity contribution is 5.89. The number of ether oxygens (including phenoxy) is 1. The van der Waals surface area contributed by atoms with E-state index in [0.29, 0.717) is 24.4 Å². The number of nitrogens with one attached hydrogen (secondary N) is 1. The molecule has 0 bridgehead atoms. The van der Waals surface area contributed by atoms with E-state index in [2.05, 4.69) is 27.4 Å². The first kappa shape index (κ1) is 17.8.